The Labute approximate surface area is 208 Å². The van der Waals surface area contributed by atoms with Gasteiger partial charge in [-0.15, -0.1) is 11.3 Å². The quantitative estimate of drug-likeness (QED) is 0.460. The number of anilines is 1. The van der Waals surface area contributed by atoms with Gasteiger partial charge in [-0.2, -0.15) is 0 Å². The minimum atomic E-state index is -0.227. The number of hydrogen-bond acceptors (Lipinski definition) is 5. The van der Waals surface area contributed by atoms with Crippen LogP contribution in [-0.4, -0.2) is 47.5 Å². The normalized spacial score (nSPS) is 15.3. The van der Waals surface area contributed by atoms with Crippen LogP contribution in [0.1, 0.15) is 29.7 Å². The highest BCUT2D eigenvalue weighted by atomic mass is 35.5. The van der Waals surface area contributed by atoms with E-state index in [4.69, 9.17) is 16.3 Å². The van der Waals surface area contributed by atoms with Crippen molar-refractivity contribution in [1.29, 1.82) is 0 Å². The van der Waals surface area contributed by atoms with Crippen molar-refractivity contribution in [3.63, 3.8) is 0 Å². The molecule has 0 aliphatic carbocycles. The first kappa shape index (κ1) is 24.4. The van der Waals surface area contributed by atoms with Gasteiger partial charge in [0.1, 0.15) is 5.01 Å². The van der Waals surface area contributed by atoms with E-state index in [1.54, 1.807) is 4.90 Å². The number of carbonyl (C=O) groups excluding carboxylic acids is 2. The number of thiazole rings is 1. The maximum atomic E-state index is 13.3. The fourth-order valence-electron chi connectivity index (χ4n) is 3.95. The summed E-state index contributed by atoms with van der Waals surface area (Å²) in [7, 11) is 0. The molecule has 1 fully saturated rings. The molecular weight excluding hydrogens is 470 g/mol. The van der Waals surface area contributed by atoms with E-state index < -0.39 is 0 Å². The number of rotatable bonds is 8. The SMILES string of the molecule is Cc1cccc(NC(=O)CN(CC2CCCO2)C(=O)Cc2csc(-c3ccccc3Cl)n2)c1C. The Morgan fingerprint density at radius 2 is 2.03 bits per heavy atom. The van der Waals surface area contributed by atoms with Crippen LogP contribution in [0.15, 0.2) is 47.8 Å². The van der Waals surface area contributed by atoms with Crippen molar-refractivity contribution in [2.75, 3.05) is 25.0 Å². The Morgan fingerprint density at radius 1 is 1.21 bits per heavy atom. The second-order valence-corrected chi connectivity index (χ2v) is 9.77. The van der Waals surface area contributed by atoms with Crippen molar-refractivity contribution in [3.8, 4) is 10.6 Å². The molecule has 2 amide bonds. The van der Waals surface area contributed by atoms with E-state index in [2.05, 4.69) is 10.3 Å². The van der Waals surface area contributed by atoms with Gasteiger partial charge in [0.2, 0.25) is 11.8 Å². The molecule has 178 valence electrons. The van der Waals surface area contributed by atoms with Gasteiger partial charge >= 0.3 is 0 Å². The Bertz CT molecular complexity index is 1170. The van der Waals surface area contributed by atoms with Gasteiger partial charge in [0.25, 0.3) is 0 Å². The van der Waals surface area contributed by atoms with E-state index in [0.717, 1.165) is 40.2 Å². The van der Waals surface area contributed by atoms with Crippen LogP contribution in [0.2, 0.25) is 5.02 Å². The molecule has 1 unspecified atom stereocenters. The highest BCUT2D eigenvalue weighted by molar-refractivity contribution is 7.13. The van der Waals surface area contributed by atoms with Crippen LogP contribution >= 0.6 is 22.9 Å². The van der Waals surface area contributed by atoms with Gasteiger partial charge < -0.3 is 15.0 Å². The van der Waals surface area contributed by atoms with Crippen molar-refractivity contribution >= 4 is 40.4 Å². The summed E-state index contributed by atoms with van der Waals surface area (Å²) >= 11 is 7.75. The first-order valence-electron chi connectivity index (χ1n) is 11.4. The van der Waals surface area contributed by atoms with E-state index in [1.165, 1.54) is 11.3 Å². The Balaban J connectivity index is 1.45. The smallest absolute Gasteiger partial charge is 0.244 e. The van der Waals surface area contributed by atoms with Crippen LogP contribution in [0.25, 0.3) is 10.6 Å². The first-order valence-corrected chi connectivity index (χ1v) is 12.6. The van der Waals surface area contributed by atoms with Crippen molar-refractivity contribution in [1.82, 2.24) is 9.88 Å². The molecule has 1 aliphatic rings. The lowest BCUT2D eigenvalue weighted by atomic mass is 10.1. The second kappa shape index (κ2) is 11.1. The van der Waals surface area contributed by atoms with E-state index >= 15 is 0 Å². The van der Waals surface area contributed by atoms with E-state index in [1.807, 2.05) is 61.7 Å². The topological polar surface area (TPSA) is 71.5 Å². The summed E-state index contributed by atoms with van der Waals surface area (Å²) in [6, 6.07) is 13.3. The molecule has 0 spiro atoms. The van der Waals surface area contributed by atoms with Crippen molar-refractivity contribution in [2.45, 2.75) is 39.2 Å². The molecule has 3 aromatic rings. The predicted molar refractivity (Wildman–Crippen MR) is 136 cm³/mol. The molecule has 1 aromatic heterocycles. The molecule has 4 rings (SSSR count). The van der Waals surface area contributed by atoms with E-state index in [-0.39, 0.29) is 30.9 Å². The number of nitrogens with zero attached hydrogens (tertiary/aromatic N) is 2. The fraction of sp³-hybridized carbons (Fsp3) is 0.346. The Morgan fingerprint density at radius 3 is 2.79 bits per heavy atom. The van der Waals surface area contributed by atoms with Gasteiger partial charge in [0, 0.05) is 29.8 Å². The summed E-state index contributed by atoms with van der Waals surface area (Å²) in [6.07, 6.45) is 1.92. The second-order valence-electron chi connectivity index (χ2n) is 8.51. The summed E-state index contributed by atoms with van der Waals surface area (Å²) in [6.45, 7) is 5.02. The number of carbonyl (C=O) groups is 2. The van der Waals surface area contributed by atoms with Crippen LogP contribution in [0.3, 0.4) is 0 Å². The molecule has 2 aromatic carbocycles. The maximum Gasteiger partial charge on any atom is 0.244 e. The van der Waals surface area contributed by atoms with Gasteiger partial charge in [0.05, 0.1) is 29.8 Å². The molecule has 8 heteroatoms. The van der Waals surface area contributed by atoms with Gasteiger partial charge in [-0.25, -0.2) is 4.98 Å². The van der Waals surface area contributed by atoms with Crippen LogP contribution < -0.4 is 5.32 Å². The molecule has 1 aliphatic heterocycles. The van der Waals surface area contributed by atoms with Crippen LogP contribution in [-0.2, 0) is 20.7 Å². The highest BCUT2D eigenvalue weighted by Crippen LogP contribution is 2.30. The number of nitrogens with one attached hydrogen (secondary N) is 1. The van der Waals surface area contributed by atoms with Crippen LogP contribution in [0.5, 0.6) is 0 Å². The van der Waals surface area contributed by atoms with Crippen LogP contribution in [0.4, 0.5) is 5.69 Å². The molecule has 0 saturated carbocycles. The van der Waals surface area contributed by atoms with Gasteiger partial charge in [-0.1, -0.05) is 41.9 Å². The number of benzene rings is 2. The van der Waals surface area contributed by atoms with Gasteiger partial charge in [-0.05, 0) is 49.9 Å². The lowest BCUT2D eigenvalue weighted by molar-refractivity contribution is -0.135. The number of ether oxygens (including phenoxy) is 1. The monoisotopic (exact) mass is 497 g/mol. The van der Waals surface area contributed by atoms with Crippen LogP contribution in [0, 0.1) is 13.8 Å². The minimum absolute atomic E-state index is 0.0341. The summed E-state index contributed by atoms with van der Waals surface area (Å²) in [4.78, 5) is 32.3. The molecule has 0 bridgehead atoms. The average molecular weight is 498 g/mol. The standard InChI is InChI=1S/C26H28ClN3O3S/c1-17-7-5-11-23(18(17)2)29-24(31)15-30(14-20-8-6-12-33-20)25(32)13-19-16-34-26(28-19)21-9-3-4-10-22(21)27/h3-5,7,9-11,16,20H,6,8,12-15H2,1-2H3,(H,29,31). The summed E-state index contributed by atoms with van der Waals surface area (Å²) < 4.78 is 5.74. The highest BCUT2D eigenvalue weighted by Gasteiger charge is 2.25. The number of aromatic nitrogens is 1. The number of aryl methyl sites for hydroxylation is 1. The molecule has 1 N–H and O–H groups in total. The largest absolute Gasteiger partial charge is 0.376 e. The molecule has 6 nitrogen and oxygen atoms in total. The predicted octanol–water partition coefficient (Wildman–Crippen LogP) is 5.27. The summed E-state index contributed by atoms with van der Waals surface area (Å²) in [5.74, 6) is -0.377. The van der Waals surface area contributed by atoms with E-state index in [0.29, 0.717) is 23.9 Å². The minimum Gasteiger partial charge on any atom is -0.376 e. The first-order chi connectivity index (χ1) is 16.4. The van der Waals surface area contributed by atoms with Crippen molar-refractivity contribution in [3.05, 3.63) is 69.7 Å². The zero-order valence-electron chi connectivity index (χ0n) is 19.3. The van der Waals surface area contributed by atoms with Crippen molar-refractivity contribution in [2.24, 2.45) is 0 Å². The molecule has 1 atom stereocenters. The molecule has 34 heavy (non-hydrogen) atoms. The number of amides is 2. The maximum absolute atomic E-state index is 13.3. The third-order valence-electron chi connectivity index (χ3n) is 6.00. The molecular formula is C26H28ClN3O3S. The Hall–Kier alpha value is -2.74. The zero-order chi connectivity index (χ0) is 24.1. The summed E-state index contributed by atoms with van der Waals surface area (Å²) in [5.41, 5.74) is 4.39. The van der Waals surface area contributed by atoms with E-state index in [9.17, 15) is 9.59 Å². The number of hydrogen-bond donors (Lipinski definition) is 1. The molecule has 0 radical (unpaired) electrons. The molecule has 2 heterocycles. The van der Waals surface area contributed by atoms with Crippen molar-refractivity contribution < 1.29 is 14.3 Å². The zero-order valence-corrected chi connectivity index (χ0v) is 20.9. The van der Waals surface area contributed by atoms with Gasteiger partial charge in [0.15, 0.2) is 0 Å². The third-order valence-corrected chi connectivity index (χ3v) is 7.26. The Kier molecular flexibility index (Phi) is 7.98. The fourth-order valence-corrected chi connectivity index (χ4v) is 5.09. The lowest BCUT2D eigenvalue weighted by Gasteiger charge is -2.25. The summed E-state index contributed by atoms with van der Waals surface area (Å²) in [5, 5.41) is 6.22. The lowest BCUT2D eigenvalue weighted by Crippen LogP contribution is -2.43. The van der Waals surface area contributed by atoms with Gasteiger partial charge in [-0.3, -0.25) is 9.59 Å². The third kappa shape index (κ3) is 6.03. The number of halogens is 1. The average Bonchev–Trinajstić information content (AvgIpc) is 3.49. The molecule has 1 saturated heterocycles.